The first kappa shape index (κ1) is 14.5. The molecule has 1 amide bonds. The van der Waals surface area contributed by atoms with Gasteiger partial charge in [0.2, 0.25) is 5.91 Å². The zero-order valence-electron chi connectivity index (χ0n) is 11.8. The number of para-hydroxylation sites is 1. The number of methoxy groups -OCH3 is 1. The van der Waals surface area contributed by atoms with Gasteiger partial charge in [0, 0.05) is 6.04 Å². The van der Waals surface area contributed by atoms with Gasteiger partial charge in [-0.2, -0.15) is 0 Å². The van der Waals surface area contributed by atoms with Crippen molar-refractivity contribution in [3.63, 3.8) is 0 Å². The molecule has 1 aliphatic rings. The lowest BCUT2D eigenvalue weighted by Crippen LogP contribution is -2.44. The van der Waals surface area contributed by atoms with E-state index in [2.05, 4.69) is 5.32 Å². The van der Waals surface area contributed by atoms with Crippen LogP contribution in [0.4, 0.5) is 5.69 Å². The van der Waals surface area contributed by atoms with E-state index in [4.69, 9.17) is 10.5 Å². The number of nitrogens with two attached hydrogens (primary N) is 1. The minimum absolute atomic E-state index is 0.140. The third-order valence-corrected chi connectivity index (χ3v) is 4.13. The Balaban J connectivity index is 2.22. The molecule has 2 atom stereocenters. The highest BCUT2D eigenvalue weighted by molar-refractivity contribution is 6.03. The molecule has 0 bridgehead atoms. The van der Waals surface area contributed by atoms with Gasteiger partial charge >= 0.3 is 5.97 Å². The molecule has 1 aromatic carbocycles. The molecule has 2 unspecified atom stereocenters. The molecule has 1 aromatic rings. The molecule has 0 radical (unpaired) electrons. The largest absolute Gasteiger partial charge is 0.465 e. The summed E-state index contributed by atoms with van der Waals surface area (Å²) in [4.78, 5) is 24.1. The molecule has 5 heteroatoms. The third kappa shape index (κ3) is 2.54. The molecule has 5 nitrogen and oxygen atoms in total. The highest BCUT2D eigenvalue weighted by Crippen LogP contribution is 2.37. The number of benzene rings is 1. The standard InChI is InChI=1S/C15H20N2O3/c1-15(9-5-8-12(15)16)14(19)17-11-7-4-3-6-10(11)13(18)20-2/h3-4,6-7,12H,5,8-9,16H2,1-2H3,(H,17,19). The van der Waals surface area contributed by atoms with Gasteiger partial charge in [0.1, 0.15) is 0 Å². The van der Waals surface area contributed by atoms with E-state index in [1.807, 2.05) is 6.92 Å². The molecule has 0 aliphatic heterocycles. The molecule has 0 heterocycles. The lowest BCUT2D eigenvalue weighted by atomic mass is 9.84. The molecule has 108 valence electrons. The van der Waals surface area contributed by atoms with Gasteiger partial charge in [-0.3, -0.25) is 4.79 Å². The molecule has 1 saturated carbocycles. The van der Waals surface area contributed by atoms with E-state index < -0.39 is 11.4 Å². The van der Waals surface area contributed by atoms with Crippen LogP contribution in [0.2, 0.25) is 0 Å². The van der Waals surface area contributed by atoms with Crippen LogP contribution in [0.5, 0.6) is 0 Å². The first-order chi connectivity index (χ1) is 9.49. The van der Waals surface area contributed by atoms with Crippen LogP contribution in [0.1, 0.15) is 36.5 Å². The monoisotopic (exact) mass is 276 g/mol. The van der Waals surface area contributed by atoms with E-state index in [1.54, 1.807) is 24.3 Å². The zero-order valence-corrected chi connectivity index (χ0v) is 11.8. The fourth-order valence-corrected chi connectivity index (χ4v) is 2.62. The summed E-state index contributed by atoms with van der Waals surface area (Å²) in [6.45, 7) is 1.88. The first-order valence-electron chi connectivity index (χ1n) is 6.73. The van der Waals surface area contributed by atoms with Gasteiger partial charge in [0.15, 0.2) is 0 Å². The Bertz CT molecular complexity index is 530. The van der Waals surface area contributed by atoms with Crippen LogP contribution in [-0.4, -0.2) is 25.0 Å². The summed E-state index contributed by atoms with van der Waals surface area (Å²) < 4.78 is 4.72. The molecular formula is C15H20N2O3. The third-order valence-electron chi connectivity index (χ3n) is 4.13. The number of hydrogen-bond donors (Lipinski definition) is 2. The maximum atomic E-state index is 12.5. The van der Waals surface area contributed by atoms with Crippen LogP contribution >= 0.6 is 0 Å². The second-order valence-corrected chi connectivity index (χ2v) is 5.41. The van der Waals surface area contributed by atoms with Crippen molar-refractivity contribution in [3.05, 3.63) is 29.8 Å². The number of hydrogen-bond acceptors (Lipinski definition) is 4. The average molecular weight is 276 g/mol. The predicted molar refractivity (Wildman–Crippen MR) is 76.3 cm³/mol. The van der Waals surface area contributed by atoms with Crippen LogP contribution in [0.25, 0.3) is 0 Å². The van der Waals surface area contributed by atoms with E-state index >= 15 is 0 Å². The van der Waals surface area contributed by atoms with Gasteiger partial charge in [-0.15, -0.1) is 0 Å². The second-order valence-electron chi connectivity index (χ2n) is 5.41. The number of rotatable bonds is 3. The minimum atomic E-state index is -0.580. The summed E-state index contributed by atoms with van der Waals surface area (Å²) >= 11 is 0. The van der Waals surface area contributed by atoms with E-state index in [-0.39, 0.29) is 11.9 Å². The van der Waals surface area contributed by atoms with Gasteiger partial charge in [0.05, 0.1) is 23.8 Å². The van der Waals surface area contributed by atoms with Gasteiger partial charge in [-0.25, -0.2) is 4.79 Å². The van der Waals surface area contributed by atoms with Gasteiger partial charge in [0.25, 0.3) is 0 Å². The number of nitrogens with one attached hydrogen (secondary N) is 1. The van der Waals surface area contributed by atoms with E-state index in [0.29, 0.717) is 11.3 Å². The molecule has 0 spiro atoms. The van der Waals surface area contributed by atoms with Crippen molar-refractivity contribution in [1.29, 1.82) is 0 Å². The van der Waals surface area contributed by atoms with Crippen molar-refractivity contribution in [1.82, 2.24) is 0 Å². The molecule has 1 fully saturated rings. The van der Waals surface area contributed by atoms with Gasteiger partial charge in [-0.1, -0.05) is 18.6 Å². The maximum Gasteiger partial charge on any atom is 0.339 e. The van der Waals surface area contributed by atoms with Crippen molar-refractivity contribution in [2.75, 3.05) is 12.4 Å². The molecule has 1 aliphatic carbocycles. The van der Waals surface area contributed by atoms with E-state index in [9.17, 15) is 9.59 Å². The number of carbonyl (C=O) groups excluding carboxylic acids is 2. The SMILES string of the molecule is COC(=O)c1ccccc1NC(=O)C1(C)CCCC1N. The highest BCUT2D eigenvalue weighted by atomic mass is 16.5. The van der Waals surface area contributed by atoms with Gasteiger partial charge in [-0.05, 0) is 31.9 Å². The lowest BCUT2D eigenvalue weighted by molar-refractivity contribution is -0.125. The number of amides is 1. The average Bonchev–Trinajstić information content (AvgIpc) is 2.80. The molecule has 0 aromatic heterocycles. The van der Waals surface area contributed by atoms with Crippen LogP contribution in [0, 0.1) is 5.41 Å². The normalized spacial score (nSPS) is 25.2. The zero-order chi connectivity index (χ0) is 14.8. The summed E-state index contributed by atoms with van der Waals surface area (Å²) in [5.74, 6) is -0.611. The summed E-state index contributed by atoms with van der Waals surface area (Å²) in [6.07, 6.45) is 2.56. The summed E-state index contributed by atoms with van der Waals surface area (Å²) in [7, 11) is 1.31. The summed E-state index contributed by atoms with van der Waals surface area (Å²) in [5, 5.41) is 2.82. The number of carbonyl (C=O) groups is 2. The quantitative estimate of drug-likeness (QED) is 0.826. The Morgan fingerprint density at radius 3 is 2.70 bits per heavy atom. The Morgan fingerprint density at radius 2 is 2.10 bits per heavy atom. The second kappa shape index (κ2) is 5.63. The molecular weight excluding hydrogens is 256 g/mol. The van der Waals surface area contributed by atoms with Crippen molar-refractivity contribution in [2.24, 2.45) is 11.1 Å². The maximum absolute atomic E-state index is 12.5. The Labute approximate surface area is 118 Å². The lowest BCUT2D eigenvalue weighted by Gasteiger charge is -2.27. The van der Waals surface area contributed by atoms with Crippen molar-refractivity contribution >= 4 is 17.6 Å². The Hall–Kier alpha value is -1.88. The fourth-order valence-electron chi connectivity index (χ4n) is 2.62. The van der Waals surface area contributed by atoms with Crippen LogP contribution in [-0.2, 0) is 9.53 Å². The molecule has 20 heavy (non-hydrogen) atoms. The van der Waals surface area contributed by atoms with Crippen molar-refractivity contribution in [2.45, 2.75) is 32.2 Å². The predicted octanol–water partition coefficient (Wildman–Crippen LogP) is 1.93. The molecule has 3 N–H and O–H groups in total. The van der Waals surface area contributed by atoms with Crippen LogP contribution in [0.15, 0.2) is 24.3 Å². The van der Waals surface area contributed by atoms with Crippen LogP contribution < -0.4 is 11.1 Å². The van der Waals surface area contributed by atoms with E-state index in [0.717, 1.165) is 19.3 Å². The minimum Gasteiger partial charge on any atom is -0.465 e. The summed E-state index contributed by atoms with van der Waals surface area (Å²) in [5.41, 5.74) is 6.27. The Kier molecular flexibility index (Phi) is 4.09. The fraction of sp³-hybridized carbons (Fsp3) is 0.467. The summed E-state index contributed by atoms with van der Waals surface area (Å²) in [6, 6.07) is 6.66. The van der Waals surface area contributed by atoms with Gasteiger partial charge < -0.3 is 15.8 Å². The first-order valence-corrected chi connectivity index (χ1v) is 6.73. The van der Waals surface area contributed by atoms with Crippen molar-refractivity contribution < 1.29 is 14.3 Å². The molecule has 2 rings (SSSR count). The highest BCUT2D eigenvalue weighted by Gasteiger charge is 2.43. The van der Waals surface area contributed by atoms with Crippen molar-refractivity contribution in [3.8, 4) is 0 Å². The van der Waals surface area contributed by atoms with Crippen LogP contribution in [0.3, 0.4) is 0 Å². The number of esters is 1. The Morgan fingerprint density at radius 1 is 1.40 bits per heavy atom. The smallest absolute Gasteiger partial charge is 0.339 e. The molecule has 0 saturated heterocycles. The topological polar surface area (TPSA) is 81.4 Å². The number of anilines is 1. The van der Waals surface area contributed by atoms with E-state index in [1.165, 1.54) is 7.11 Å². The number of ether oxygens (including phenoxy) is 1.